The molecule has 1 heterocycles. The smallest absolute Gasteiger partial charge is 0.281 e. The van der Waals surface area contributed by atoms with Gasteiger partial charge in [0, 0.05) is 13.1 Å². The predicted molar refractivity (Wildman–Crippen MR) is 70.4 cm³/mol. The van der Waals surface area contributed by atoms with E-state index in [1.54, 1.807) is 16.4 Å². The average Bonchev–Trinajstić information content (AvgIpc) is 2.82. The Morgan fingerprint density at radius 2 is 1.78 bits per heavy atom. The monoisotopic (exact) mass is 288 g/mol. The quantitative estimate of drug-likeness (QED) is 0.837. The molecule has 0 radical (unpaired) electrons. The van der Waals surface area contributed by atoms with E-state index < -0.39 is 21.6 Å². The van der Waals surface area contributed by atoms with Crippen LogP contribution in [0.2, 0.25) is 0 Å². The molecular weight excluding hydrogens is 272 g/mol. The Kier molecular flexibility index (Phi) is 4.29. The van der Waals surface area contributed by atoms with Gasteiger partial charge in [-0.15, -0.1) is 4.31 Å². The standard InChI is InChI=1S/C11H16N2O3S2/c1-10-4-6-11(7-5-10)18(15,16)12-17(14)13-8-2-3-9-13/h4-7,12H,2-3,8-9H2,1H3. The Hall–Kier alpha value is -0.600. The first-order chi connectivity index (χ1) is 8.49. The van der Waals surface area contributed by atoms with Crippen LogP contribution in [0.5, 0.6) is 0 Å². The lowest BCUT2D eigenvalue weighted by Gasteiger charge is -2.18. The SMILES string of the molecule is Cc1ccc(S(=O)(=O)N[S+]([O-])N2CCCC2)cc1. The third-order valence-corrected chi connectivity index (χ3v) is 5.99. The van der Waals surface area contributed by atoms with Crippen molar-refractivity contribution in [2.75, 3.05) is 13.1 Å². The number of aryl methyl sites for hydroxylation is 1. The van der Waals surface area contributed by atoms with Crippen LogP contribution >= 0.6 is 0 Å². The molecule has 0 amide bonds. The van der Waals surface area contributed by atoms with Crippen LogP contribution in [0.1, 0.15) is 18.4 Å². The van der Waals surface area contributed by atoms with Gasteiger partial charge < -0.3 is 4.55 Å². The molecular formula is C11H16N2O3S2. The maximum absolute atomic E-state index is 12.0. The molecule has 1 N–H and O–H groups in total. The zero-order valence-electron chi connectivity index (χ0n) is 10.1. The summed E-state index contributed by atoms with van der Waals surface area (Å²) in [4.78, 5) is 0.139. The summed E-state index contributed by atoms with van der Waals surface area (Å²) in [6.07, 6.45) is 1.91. The Balaban J connectivity index is 2.09. The van der Waals surface area contributed by atoms with Gasteiger partial charge in [0.15, 0.2) is 11.5 Å². The van der Waals surface area contributed by atoms with Gasteiger partial charge in [-0.25, -0.2) is 8.42 Å². The molecule has 2 rings (SSSR count). The maximum atomic E-state index is 12.0. The molecule has 0 aliphatic carbocycles. The van der Waals surface area contributed by atoms with Crippen molar-refractivity contribution in [2.24, 2.45) is 0 Å². The van der Waals surface area contributed by atoms with Crippen molar-refractivity contribution in [3.63, 3.8) is 0 Å². The summed E-state index contributed by atoms with van der Waals surface area (Å²) in [6.45, 7) is 3.22. The zero-order chi connectivity index (χ0) is 13.2. The number of sulfonamides is 1. The van der Waals surface area contributed by atoms with Gasteiger partial charge in [0.1, 0.15) is 0 Å². The van der Waals surface area contributed by atoms with Gasteiger partial charge in [-0.1, -0.05) is 17.7 Å². The fraction of sp³-hybridized carbons (Fsp3) is 0.455. The molecule has 0 spiro atoms. The highest BCUT2D eigenvalue weighted by molar-refractivity contribution is 8.03. The second-order valence-corrected chi connectivity index (χ2v) is 7.44. The fourth-order valence-electron chi connectivity index (χ4n) is 1.77. The van der Waals surface area contributed by atoms with Crippen molar-refractivity contribution < 1.29 is 13.0 Å². The highest BCUT2D eigenvalue weighted by Gasteiger charge is 2.29. The molecule has 1 aliphatic heterocycles. The summed E-state index contributed by atoms with van der Waals surface area (Å²) in [5.41, 5.74) is 0.981. The molecule has 1 aromatic carbocycles. The number of hydrogen-bond acceptors (Lipinski definition) is 4. The average molecular weight is 288 g/mol. The number of rotatable bonds is 4. The van der Waals surface area contributed by atoms with E-state index in [1.165, 1.54) is 12.1 Å². The van der Waals surface area contributed by atoms with E-state index >= 15 is 0 Å². The molecule has 1 atom stereocenters. The van der Waals surface area contributed by atoms with Crippen LogP contribution in [0.15, 0.2) is 29.2 Å². The molecule has 0 bridgehead atoms. The molecule has 1 unspecified atom stereocenters. The van der Waals surface area contributed by atoms with E-state index in [0.29, 0.717) is 13.1 Å². The minimum absolute atomic E-state index is 0.139. The second-order valence-electron chi connectivity index (χ2n) is 4.29. The summed E-state index contributed by atoms with van der Waals surface area (Å²) in [5, 5.41) is 0. The van der Waals surface area contributed by atoms with Crippen molar-refractivity contribution in [3.05, 3.63) is 29.8 Å². The molecule has 1 aliphatic rings. The Morgan fingerprint density at radius 3 is 2.33 bits per heavy atom. The van der Waals surface area contributed by atoms with Crippen LogP contribution in [0, 0.1) is 6.92 Å². The first kappa shape index (κ1) is 13.8. The lowest BCUT2D eigenvalue weighted by Crippen LogP contribution is -2.41. The van der Waals surface area contributed by atoms with Crippen LogP contribution in [-0.2, 0) is 21.6 Å². The fourth-order valence-corrected chi connectivity index (χ4v) is 4.41. The molecule has 7 heteroatoms. The first-order valence-corrected chi connectivity index (χ1v) is 8.34. The molecule has 1 aromatic rings. The van der Waals surface area contributed by atoms with Gasteiger partial charge in [0.2, 0.25) is 0 Å². The van der Waals surface area contributed by atoms with Crippen LogP contribution < -0.4 is 4.13 Å². The second kappa shape index (κ2) is 5.58. The third kappa shape index (κ3) is 3.24. The minimum Gasteiger partial charge on any atom is -0.578 e. The van der Waals surface area contributed by atoms with Gasteiger partial charge in [-0.2, -0.15) is 0 Å². The van der Waals surface area contributed by atoms with E-state index in [4.69, 9.17) is 0 Å². The Labute approximate surface area is 111 Å². The van der Waals surface area contributed by atoms with Crippen molar-refractivity contribution in [3.8, 4) is 0 Å². The molecule has 1 fully saturated rings. The molecule has 1 saturated heterocycles. The maximum Gasteiger partial charge on any atom is 0.281 e. The van der Waals surface area contributed by atoms with Gasteiger partial charge in [0.25, 0.3) is 10.0 Å². The molecule has 0 saturated carbocycles. The Bertz CT molecular complexity index is 496. The summed E-state index contributed by atoms with van der Waals surface area (Å²) in [7, 11) is -3.71. The Morgan fingerprint density at radius 1 is 1.22 bits per heavy atom. The van der Waals surface area contributed by atoms with Crippen molar-refractivity contribution in [2.45, 2.75) is 24.7 Å². The predicted octanol–water partition coefficient (Wildman–Crippen LogP) is 0.948. The molecule has 5 nitrogen and oxygen atoms in total. The minimum atomic E-state index is -3.71. The largest absolute Gasteiger partial charge is 0.578 e. The summed E-state index contributed by atoms with van der Waals surface area (Å²) >= 11 is -1.68. The van der Waals surface area contributed by atoms with Gasteiger partial charge >= 0.3 is 0 Å². The lowest BCUT2D eigenvalue weighted by molar-refractivity contribution is 0.472. The third-order valence-electron chi connectivity index (χ3n) is 2.81. The number of hydrogen-bond donors (Lipinski definition) is 1. The van der Waals surface area contributed by atoms with Gasteiger partial charge in [0.05, 0.1) is 4.90 Å². The van der Waals surface area contributed by atoms with Crippen molar-refractivity contribution in [1.29, 1.82) is 0 Å². The summed E-state index contributed by atoms with van der Waals surface area (Å²) in [6, 6.07) is 6.46. The van der Waals surface area contributed by atoms with E-state index in [-0.39, 0.29) is 4.90 Å². The van der Waals surface area contributed by atoms with E-state index in [0.717, 1.165) is 18.4 Å². The molecule has 18 heavy (non-hydrogen) atoms. The van der Waals surface area contributed by atoms with Crippen LogP contribution in [-0.4, -0.2) is 30.4 Å². The van der Waals surface area contributed by atoms with E-state index in [1.807, 2.05) is 6.92 Å². The normalized spacial score (nSPS) is 19.0. The summed E-state index contributed by atoms with van der Waals surface area (Å²) < 4.78 is 39.6. The van der Waals surface area contributed by atoms with Crippen molar-refractivity contribution in [1.82, 2.24) is 8.43 Å². The molecule has 0 aromatic heterocycles. The first-order valence-electron chi connectivity index (χ1n) is 5.75. The van der Waals surface area contributed by atoms with Crippen LogP contribution in [0.3, 0.4) is 0 Å². The highest BCUT2D eigenvalue weighted by Crippen LogP contribution is 2.15. The highest BCUT2D eigenvalue weighted by atomic mass is 32.3. The van der Waals surface area contributed by atoms with Gasteiger partial charge in [-0.05, 0) is 36.0 Å². The zero-order valence-corrected chi connectivity index (χ0v) is 11.8. The van der Waals surface area contributed by atoms with Gasteiger partial charge in [-0.3, -0.25) is 0 Å². The number of benzene rings is 1. The van der Waals surface area contributed by atoms with Crippen LogP contribution in [0.4, 0.5) is 0 Å². The molecule has 100 valence electrons. The lowest BCUT2D eigenvalue weighted by atomic mass is 10.2. The van der Waals surface area contributed by atoms with Crippen molar-refractivity contribution >= 4 is 21.6 Å². The summed E-state index contributed by atoms with van der Waals surface area (Å²) in [5.74, 6) is 0. The number of nitrogens with zero attached hydrogens (tertiary/aromatic N) is 1. The number of nitrogens with one attached hydrogen (secondary N) is 1. The van der Waals surface area contributed by atoms with E-state index in [2.05, 4.69) is 4.13 Å². The van der Waals surface area contributed by atoms with E-state index in [9.17, 15) is 13.0 Å². The van der Waals surface area contributed by atoms with Crippen LogP contribution in [0.25, 0.3) is 0 Å². The topological polar surface area (TPSA) is 72.5 Å².